The Morgan fingerprint density at radius 1 is 1.53 bits per heavy atom. The summed E-state index contributed by atoms with van der Waals surface area (Å²) in [5.41, 5.74) is 4.77. The maximum absolute atomic E-state index is 12.0. The molecule has 0 aromatic carbocycles. The third-order valence-corrected chi connectivity index (χ3v) is 2.98. The van der Waals surface area contributed by atoms with Crippen molar-refractivity contribution in [2.24, 2.45) is 5.73 Å². The summed E-state index contributed by atoms with van der Waals surface area (Å²) in [6.07, 6.45) is 3.16. The Balaban J connectivity index is 2.14. The number of nitrogens with two attached hydrogens (primary N) is 1. The average Bonchev–Trinajstić information content (AvgIpc) is 2.87. The first-order valence-corrected chi connectivity index (χ1v) is 6.10. The molecule has 102 valence electrons. The minimum atomic E-state index is -0.608. The largest absolute Gasteiger partial charge is 0.368 e. The van der Waals surface area contributed by atoms with Crippen LogP contribution in [-0.2, 0) is 16.1 Å². The van der Waals surface area contributed by atoms with Crippen LogP contribution in [0.5, 0.6) is 0 Å². The molecular formula is C12H16N4O3. The minimum absolute atomic E-state index is 0.155. The molecule has 1 atom stereocenters. The normalized spacial score (nSPS) is 18.2. The molecule has 1 aromatic heterocycles. The smallest absolute Gasteiger partial charge is 0.274 e. The highest BCUT2D eigenvalue weighted by Crippen LogP contribution is 2.07. The van der Waals surface area contributed by atoms with Crippen molar-refractivity contribution < 1.29 is 9.59 Å². The molecule has 1 saturated heterocycles. The number of hydrogen-bond acceptors (Lipinski definition) is 4. The van der Waals surface area contributed by atoms with Crippen molar-refractivity contribution in [3.8, 4) is 0 Å². The molecule has 0 saturated carbocycles. The van der Waals surface area contributed by atoms with Crippen molar-refractivity contribution >= 4 is 17.5 Å². The quantitative estimate of drug-likeness (QED) is 0.650. The molecule has 1 aliphatic heterocycles. The van der Waals surface area contributed by atoms with E-state index in [1.807, 2.05) is 0 Å². The third kappa shape index (κ3) is 3.19. The van der Waals surface area contributed by atoms with Crippen LogP contribution in [0.4, 0.5) is 5.69 Å². The number of primary amides is 1. The second-order valence-corrected chi connectivity index (χ2v) is 4.46. The number of nitrogens with one attached hydrogen (secondary N) is 2. The molecule has 0 radical (unpaired) electrons. The lowest BCUT2D eigenvalue weighted by Gasteiger charge is -2.11. The van der Waals surface area contributed by atoms with E-state index in [2.05, 4.69) is 10.6 Å². The molecule has 7 nitrogen and oxygen atoms in total. The summed E-state index contributed by atoms with van der Waals surface area (Å²) < 4.78 is 1.17. The maximum Gasteiger partial charge on any atom is 0.274 e. The van der Waals surface area contributed by atoms with Crippen LogP contribution in [0.2, 0.25) is 0 Å². The fourth-order valence-electron chi connectivity index (χ4n) is 2.05. The van der Waals surface area contributed by atoms with Gasteiger partial charge in [0.15, 0.2) is 0 Å². The van der Waals surface area contributed by atoms with Gasteiger partial charge < -0.3 is 20.9 Å². The standard InChI is InChI=1S/C12H16N4O3/c13-10(17)7-16-6-2-4-9(12(16)19)15-11(18)8-3-1-5-14-8/h2,4,6,8,14H,1,3,5,7H2,(H2,13,17)(H,15,18)/t8-/m0/s1. The van der Waals surface area contributed by atoms with Gasteiger partial charge in [0.1, 0.15) is 12.2 Å². The Kier molecular flexibility index (Phi) is 3.96. The van der Waals surface area contributed by atoms with Gasteiger partial charge in [0.25, 0.3) is 5.56 Å². The summed E-state index contributed by atoms with van der Waals surface area (Å²) in [4.78, 5) is 34.7. The molecule has 2 rings (SSSR count). The first-order chi connectivity index (χ1) is 9.08. The number of amides is 2. The number of rotatable bonds is 4. The monoisotopic (exact) mass is 264 g/mol. The molecular weight excluding hydrogens is 248 g/mol. The molecule has 1 aliphatic rings. The summed E-state index contributed by atoms with van der Waals surface area (Å²) >= 11 is 0. The molecule has 0 aliphatic carbocycles. The van der Waals surface area contributed by atoms with Gasteiger partial charge in [-0.15, -0.1) is 0 Å². The lowest BCUT2D eigenvalue weighted by Crippen LogP contribution is -2.38. The predicted molar refractivity (Wildman–Crippen MR) is 69.6 cm³/mol. The number of pyridine rings is 1. The first-order valence-electron chi connectivity index (χ1n) is 6.10. The minimum Gasteiger partial charge on any atom is -0.368 e. The average molecular weight is 264 g/mol. The van der Waals surface area contributed by atoms with E-state index >= 15 is 0 Å². The zero-order valence-electron chi connectivity index (χ0n) is 10.4. The molecule has 2 heterocycles. The molecule has 4 N–H and O–H groups in total. The molecule has 0 unspecified atom stereocenters. The topological polar surface area (TPSA) is 106 Å². The third-order valence-electron chi connectivity index (χ3n) is 2.98. The lowest BCUT2D eigenvalue weighted by molar-refractivity contribution is -0.119. The maximum atomic E-state index is 12.0. The van der Waals surface area contributed by atoms with Crippen LogP contribution < -0.4 is 21.9 Å². The van der Waals surface area contributed by atoms with E-state index in [4.69, 9.17) is 5.73 Å². The van der Waals surface area contributed by atoms with Gasteiger partial charge in [-0.05, 0) is 31.5 Å². The molecule has 1 fully saturated rings. The van der Waals surface area contributed by atoms with Gasteiger partial charge in [-0.3, -0.25) is 14.4 Å². The highest BCUT2D eigenvalue weighted by atomic mass is 16.2. The van der Waals surface area contributed by atoms with E-state index in [1.165, 1.54) is 16.8 Å². The molecule has 0 spiro atoms. The number of aromatic nitrogens is 1. The van der Waals surface area contributed by atoms with Crippen LogP contribution in [-0.4, -0.2) is 29.0 Å². The highest BCUT2D eigenvalue weighted by Gasteiger charge is 2.22. The zero-order chi connectivity index (χ0) is 13.8. The van der Waals surface area contributed by atoms with E-state index in [0.29, 0.717) is 0 Å². The number of carbonyl (C=O) groups excluding carboxylic acids is 2. The SMILES string of the molecule is NC(=O)Cn1cccc(NC(=O)[C@@H]2CCCN2)c1=O. The van der Waals surface area contributed by atoms with Gasteiger partial charge in [-0.1, -0.05) is 0 Å². The van der Waals surface area contributed by atoms with E-state index in [0.717, 1.165) is 19.4 Å². The lowest BCUT2D eigenvalue weighted by atomic mass is 10.2. The Labute approximate surface area is 109 Å². The van der Waals surface area contributed by atoms with Gasteiger partial charge in [0.05, 0.1) is 6.04 Å². The summed E-state index contributed by atoms with van der Waals surface area (Å²) in [5.74, 6) is -0.838. The van der Waals surface area contributed by atoms with Crippen molar-refractivity contribution in [3.05, 3.63) is 28.7 Å². The van der Waals surface area contributed by atoms with E-state index < -0.39 is 11.5 Å². The molecule has 19 heavy (non-hydrogen) atoms. The van der Waals surface area contributed by atoms with Gasteiger partial charge in [-0.25, -0.2) is 0 Å². The first kappa shape index (κ1) is 13.3. The summed E-state index contributed by atoms with van der Waals surface area (Å²) in [6, 6.07) is 2.83. The van der Waals surface area contributed by atoms with Crippen molar-refractivity contribution in [1.29, 1.82) is 0 Å². The van der Waals surface area contributed by atoms with Gasteiger partial charge in [-0.2, -0.15) is 0 Å². The molecule has 0 bridgehead atoms. The molecule has 2 amide bonds. The van der Waals surface area contributed by atoms with Crippen LogP contribution in [0.15, 0.2) is 23.1 Å². The van der Waals surface area contributed by atoms with E-state index in [1.54, 1.807) is 6.07 Å². The second kappa shape index (κ2) is 5.66. The number of nitrogens with zero attached hydrogens (tertiary/aromatic N) is 1. The Morgan fingerprint density at radius 2 is 2.32 bits per heavy atom. The van der Waals surface area contributed by atoms with Crippen LogP contribution in [0.25, 0.3) is 0 Å². The Bertz CT molecular complexity index is 546. The number of anilines is 1. The van der Waals surface area contributed by atoms with Crippen LogP contribution >= 0.6 is 0 Å². The van der Waals surface area contributed by atoms with Crippen molar-refractivity contribution in [2.75, 3.05) is 11.9 Å². The molecule has 7 heteroatoms. The fraction of sp³-hybridized carbons (Fsp3) is 0.417. The van der Waals surface area contributed by atoms with E-state index in [9.17, 15) is 14.4 Å². The predicted octanol–water partition coefficient (Wildman–Crippen LogP) is -0.976. The van der Waals surface area contributed by atoms with Gasteiger partial charge in [0.2, 0.25) is 11.8 Å². The number of hydrogen-bond donors (Lipinski definition) is 3. The van der Waals surface area contributed by atoms with Gasteiger partial charge in [0, 0.05) is 6.20 Å². The van der Waals surface area contributed by atoms with Crippen molar-refractivity contribution in [1.82, 2.24) is 9.88 Å². The van der Waals surface area contributed by atoms with Crippen LogP contribution in [0, 0.1) is 0 Å². The van der Waals surface area contributed by atoms with Crippen LogP contribution in [0.3, 0.4) is 0 Å². The molecule has 1 aromatic rings. The fourth-order valence-corrected chi connectivity index (χ4v) is 2.05. The summed E-state index contributed by atoms with van der Waals surface area (Å²) in [7, 11) is 0. The summed E-state index contributed by atoms with van der Waals surface area (Å²) in [5, 5.41) is 5.63. The van der Waals surface area contributed by atoms with Crippen molar-refractivity contribution in [2.45, 2.75) is 25.4 Å². The highest BCUT2D eigenvalue weighted by molar-refractivity contribution is 5.94. The Hall–Kier alpha value is -2.15. The van der Waals surface area contributed by atoms with Crippen molar-refractivity contribution in [3.63, 3.8) is 0 Å². The van der Waals surface area contributed by atoms with E-state index in [-0.39, 0.29) is 24.2 Å². The van der Waals surface area contributed by atoms with Gasteiger partial charge >= 0.3 is 0 Å². The number of carbonyl (C=O) groups is 2. The zero-order valence-corrected chi connectivity index (χ0v) is 10.4. The van der Waals surface area contributed by atoms with Crippen LogP contribution in [0.1, 0.15) is 12.8 Å². The second-order valence-electron chi connectivity index (χ2n) is 4.46. The Morgan fingerprint density at radius 3 is 2.95 bits per heavy atom. The summed E-state index contributed by atoms with van der Waals surface area (Å²) in [6.45, 7) is 0.600.